The van der Waals surface area contributed by atoms with Gasteiger partial charge in [-0.1, -0.05) is 13.8 Å². The van der Waals surface area contributed by atoms with Crippen LogP contribution in [0.25, 0.3) is 0 Å². The summed E-state index contributed by atoms with van der Waals surface area (Å²) in [4.78, 5) is 24.2. The van der Waals surface area contributed by atoms with Crippen molar-refractivity contribution in [3.05, 3.63) is 0 Å². The molecular formula is C12H22N2O3. The molecule has 98 valence electrons. The minimum absolute atomic E-state index is 0.0286. The van der Waals surface area contributed by atoms with Gasteiger partial charge in [0.2, 0.25) is 0 Å². The van der Waals surface area contributed by atoms with E-state index in [1.165, 1.54) is 0 Å². The highest BCUT2D eigenvalue weighted by Crippen LogP contribution is 2.19. The Morgan fingerprint density at radius 2 is 2.24 bits per heavy atom. The maximum Gasteiger partial charge on any atom is 0.317 e. The molecule has 0 aromatic rings. The number of hydrogen-bond acceptors (Lipinski definition) is 2. The molecule has 0 aromatic carbocycles. The summed E-state index contributed by atoms with van der Waals surface area (Å²) in [6.45, 7) is 5.16. The molecule has 0 bridgehead atoms. The normalized spacial score (nSPS) is 21.3. The van der Waals surface area contributed by atoms with E-state index in [1.54, 1.807) is 0 Å². The largest absolute Gasteiger partial charge is 0.481 e. The second-order valence-electron chi connectivity index (χ2n) is 4.79. The van der Waals surface area contributed by atoms with Crippen LogP contribution in [-0.2, 0) is 4.79 Å². The van der Waals surface area contributed by atoms with Crippen LogP contribution in [-0.4, -0.2) is 41.1 Å². The molecule has 2 amide bonds. The average molecular weight is 242 g/mol. The first-order valence-electron chi connectivity index (χ1n) is 6.30. The van der Waals surface area contributed by atoms with E-state index in [9.17, 15) is 9.59 Å². The van der Waals surface area contributed by atoms with Crippen molar-refractivity contribution >= 4 is 12.0 Å². The molecule has 5 heteroatoms. The third kappa shape index (κ3) is 4.24. The van der Waals surface area contributed by atoms with Gasteiger partial charge in [-0.3, -0.25) is 4.79 Å². The molecule has 0 saturated carbocycles. The summed E-state index contributed by atoms with van der Waals surface area (Å²) in [5.74, 6) is -0.849. The Balaban J connectivity index is 2.31. The van der Waals surface area contributed by atoms with Crippen LogP contribution in [0, 0.1) is 5.92 Å². The first-order valence-corrected chi connectivity index (χ1v) is 6.30. The first-order chi connectivity index (χ1) is 8.04. The van der Waals surface area contributed by atoms with Crippen molar-refractivity contribution in [2.75, 3.05) is 13.1 Å². The van der Waals surface area contributed by atoms with Gasteiger partial charge >= 0.3 is 12.0 Å². The second kappa shape index (κ2) is 6.47. The summed E-state index contributed by atoms with van der Waals surface area (Å²) in [6.07, 6.45) is 3.22. The van der Waals surface area contributed by atoms with Gasteiger partial charge in [0, 0.05) is 25.6 Å². The Morgan fingerprint density at radius 3 is 2.82 bits per heavy atom. The van der Waals surface area contributed by atoms with Gasteiger partial charge in [0.25, 0.3) is 0 Å². The van der Waals surface area contributed by atoms with E-state index in [0.29, 0.717) is 12.6 Å². The maximum absolute atomic E-state index is 11.9. The molecule has 1 rings (SSSR count). The number of carboxylic acid groups (broad SMARTS) is 1. The van der Waals surface area contributed by atoms with Crippen LogP contribution in [0.5, 0.6) is 0 Å². The molecule has 1 saturated heterocycles. The molecule has 0 radical (unpaired) electrons. The molecular weight excluding hydrogens is 220 g/mol. The number of nitrogens with zero attached hydrogens (tertiary/aromatic N) is 1. The molecule has 1 aliphatic rings. The van der Waals surface area contributed by atoms with Crippen LogP contribution in [0.2, 0.25) is 0 Å². The van der Waals surface area contributed by atoms with Gasteiger partial charge in [0.15, 0.2) is 0 Å². The number of carbonyl (C=O) groups excluding carboxylic acids is 1. The first kappa shape index (κ1) is 13.8. The van der Waals surface area contributed by atoms with E-state index in [4.69, 9.17) is 5.11 Å². The van der Waals surface area contributed by atoms with Crippen LogP contribution in [0.3, 0.4) is 0 Å². The summed E-state index contributed by atoms with van der Waals surface area (Å²) in [5, 5.41) is 11.4. The Morgan fingerprint density at radius 1 is 1.53 bits per heavy atom. The predicted molar refractivity (Wildman–Crippen MR) is 64.8 cm³/mol. The lowest BCUT2D eigenvalue weighted by Crippen LogP contribution is -2.44. The molecule has 1 heterocycles. The van der Waals surface area contributed by atoms with E-state index in [0.717, 1.165) is 25.8 Å². The van der Waals surface area contributed by atoms with Gasteiger partial charge < -0.3 is 15.3 Å². The predicted octanol–water partition coefficient (Wildman–Crippen LogP) is 1.68. The molecule has 0 aliphatic carbocycles. The fourth-order valence-electron chi connectivity index (χ4n) is 2.26. The van der Waals surface area contributed by atoms with Crippen molar-refractivity contribution in [1.29, 1.82) is 0 Å². The lowest BCUT2D eigenvalue weighted by molar-refractivity contribution is -0.137. The average Bonchev–Trinajstić information content (AvgIpc) is 2.72. The minimum atomic E-state index is -0.820. The molecule has 2 N–H and O–H groups in total. The number of nitrogens with one attached hydrogen (secondary N) is 1. The number of rotatable bonds is 5. The Kier molecular flexibility index (Phi) is 5.25. The van der Waals surface area contributed by atoms with Crippen molar-refractivity contribution in [1.82, 2.24) is 10.2 Å². The fraction of sp³-hybridized carbons (Fsp3) is 0.833. The Bertz CT molecular complexity index is 281. The minimum Gasteiger partial charge on any atom is -0.481 e. The van der Waals surface area contributed by atoms with Gasteiger partial charge in [-0.05, 0) is 25.2 Å². The van der Waals surface area contributed by atoms with E-state index in [1.807, 2.05) is 11.8 Å². The lowest BCUT2D eigenvalue weighted by atomic mass is 10.1. The molecule has 0 spiro atoms. The fourth-order valence-corrected chi connectivity index (χ4v) is 2.26. The number of amides is 2. The van der Waals surface area contributed by atoms with Gasteiger partial charge in [0.05, 0.1) is 0 Å². The smallest absolute Gasteiger partial charge is 0.317 e. The van der Waals surface area contributed by atoms with E-state index < -0.39 is 5.97 Å². The van der Waals surface area contributed by atoms with Crippen molar-refractivity contribution in [2.45, 2.75) is 45.6 Å². The summed E-state index contributed by atoms with van der Waals surface area (Å²) >= 11 is 0. The Labute approximate surface area is 102 Å². The highest BCUT2D eigenvalue weighted by Gasteiger charge is 2.27. The van der Waals surface area contributed by atoms with Crippen LogP contribution in [0.15, 0.2) is 0 Å². The van der Waals surface area contributed by atoms with E-state index in [-0.39, 0.29) is 18.4 Å². The highest BCUT2D eigenvalue weighted by atomic mass is 16.4. The molecule has 0 aromatic heterocycles. The van der Waals surface area contributed by atoms with Crippen molar-refractivity contribution in [3.63, 3.8) is 0 Å². The number of urea groups is 1. The zero-order chi connectivity index (χ0) is 12.8. The summed E-state index contributed by atoms with van der Waals surface area (Å²) in [7, 11) is 0. The van der Waals surface area contributed by atoms with Crippen LogP contribution >= 0.6 is 0 Å². The van der Waals surface area contributed by atoms with Crippen LogP contribution in [0.1, 0.15) is 39.5 Å². The van der Waals surface area contributed by atoms with Crippen molar-refractivity contribution in [3.8, 4) is 0 Å². The summed E-state index contributed by atoms with van der Waals surface area (Å²) < 4.78 is 0. The highest BCUT2D eigenvalue weighted by molar-refractivity contribution is 5.75. The van der Waals surface area contributed by atoms with E-state index >= 15 is 0 Å². The van der Waals surface area contributed by atoms with Gasteiger partial charge in [-0.25, -0.2) is 4.79 Å². The number of likely N-dealkylation sites (tertiary alicyclic amines) is 1. The van der Waals surface area contributed by atoms with Gasteiger partial charge in [-0.15, -0.1) is 0 Å². The van der Waals surface area contributed by atoms with Crippen LogP contribution < -0.4 is 5.32 Å². The summed E-state index contributed by atoms with van der Waals surface area (Å²) in [6, 6.07) is 0.302. The molecule has 5 nitrogen and oxygen atoms in total. The van der Waals surface area contributed by atoms with Gasteiger partial charge in [0.1, 0.15) is 0 Å². The Hall–Kier alpha value is -1.26. The molecule has 1 aliphatic heterocycles. The van der Waals surface area contributed by atoms with Crippen molar-refractivity contribution in [2.24, 2.45) is 5.92 Å². The SMILES string of the molecule is CCC1CCCN1C(=O)NCC(C)CC(=O)O. The second-order valence-corrected chi connectivity index (χ2v) is 4.79. The quantitative estimate of drug-likeness (QED) is 0.770. The molecule has 2 atom stereocenters. The molecule has 17 heavy (non-hydrogen) atoms. The zero-order valence-corrected chi connectivity index (χ0v) is 10.6. The third-order valence-electron chi connectivity index (χ3n) is 3.23. The number of aliphatic carboxylic acids is 1. The third-order valence-corrected chi connectivity index (χ3v) is 3.23. The van der Waals surface area contributed by atoms with E-state index in [2.05, 4.69) is 12.2 Å². The number of hydrogen-bond donors (Lipinski definition) is 2. The van der Waals surface area contributed by atoms with Crippen molar-refractivity contribution < 1.29 is 14.7 Å². The summed E-state index contributed by atoms with van der Waals surface area (Å²) in [5.41, 5.74) is 0. The lowest BCUT2D eigenvalue weighted by Gasteiger charge is -2.24. The zero-order valence-electron chi connectivity index (χ0n) is 10.6. The maximum atomic E-state index is 11.9. The topological polar surface area (TPSA) is 69.6 Å². The van der Waals surface area contributed by atoms with Crippen LogP contribution in [0.4, 0.5) is 4.79 Å². The molecule has 1 fully saturated rings. The number of carbonyl (C=O) groups is 2. The number of carboxylic acids is 1. The van der Waals surface area contributed by atoms with Gasteiger partial charge in [-0.2, -0.15) is 0 Å². The molecule has 2 unspecified atom stereocenters. The standard InChI is InChI=1S/C12H22N2O3/c1-3-10-5-4-6-14(10)12(17)13-8-9(2)7-11(15)16/h9-10H,3-8H2,1-2H3,(H,13,17)(H,15,16). The monoisotopic (exact) mass is 242 g/mol.